The second kappa shape index (κ2) is 6.11. The SMILES string of the molecule is CCN(C(=O)N1CCCCC1C(N)=O)C(C)(C)C(=O)O. The summed E-state index contributed by atoms with van der Waals surface area (Å²) in [6, 6.07) is -1.08. The maximum absolute atomic E-state index is 12.6. The average Bonchev–Trinajstić information content (AvgIpc) is 2.38. The normalized spacial score (nSPS) is 19.6. The van der Waals surface area contributed by atoms with Crippen LogP contribution in [0.1, 0.15) is 40.0 Å². The van der Waals surface area contributed by atoms with Gasteiger partial charge in [-0.1, -0.05) is 0 Å². The first-order valence-corrected chi connectivity index (χ1v) is 6.84. The van der Waals surface area contributed by atoms with Gasteiger partial charge < -0.3 is 20.6 Å². The number of urea groups is 1. The van der Waals surface area contributed by atoms with E-state index in [1.807, 2.05) is 0 Å². The van der Waals surface area contributed by atoms with Crippen molar-refractivity contribution in [1.82, 2.24) is 9.80 Å². The highest BCUT2D eigenvalue weighted by Crippen LogP contribution is 2.23. The van der Waals surface area contributed by atoms with E-state index in [9.17, 15) is 19.5 Å². The number of aliphatic carboxylic acids is 1. The Morgan fingerprint density at radius 3 is 2.40 bits per heavy atom. The highest BCUT2D eigenvalue weighted by Gasteiger charge is 2.41. The van der Waals surface area contributed by atoms with Gasteiger partial charge in [-0.3, -0.25) is 4.79 Å². The van der Waals surface area contributed by atoms with Gasteiger partial charge in [-0.2, -0.15) is 0 Å². The van der Waals surface area contributed by atoms with Crippen LogP contribution in [0.2, 0.25) is 0 Å². The number of likely N-dealkylation sites (tertiary alicyclic amines) is 1. The van der Waals surface area contributed by atoms with Crippen molar-refractivity contribution in [1.29, 1.82) is 0 Å². The fourth-order valence-corrected chi connectivity index (χ4v) is 2.50. The Hall–Kier alpha value is -1.79. The minimum atomic E-state index is -1.33. The zero-order valence-electron chi connectivity index (χ0n) is 12.3. The van der Waals surface area contributed by atoms with Crippen LogP contribution < -0.4 is 5.73 Å². The average molecular weight is 285 g/mol. The molecule has 1 fully saturated rings. The van der Waals surface area contributed by atoms with Crippen LogP contribution in [-0.4, -0.2) is 57.5 Å². The van der Waals surface area contributed by atoms with E-state index in [0.717, 1.165) is 12.8 Å². The first-order chi connectivity index (χ1) is 9.23. The minimum absolute atomic E-state index is 0.250. The number of carboxylic acids is 1. The van der Waals surface area contributed by atoms with Gasteiger partial charge in [-0.15, -0.1) is 0 Å². The number of carbonyl (C=O) groups excluding carboxylic acids is 2. The number of piperidine rings is 1. The van der Waals surface area contributed by atoms with Crippen LogP contribution in [0.3, 0.4) is 0 Å². The largest absolute Gasteiger partial charge is 0.480 e. The smallest absolute Gasteiger partial charge is 0.329 e. The van der Waals surface area contributed by atoms with Gasteiger partial charge in [0.25, 0.3) is 0 Å². The van der Waals surface area contributed by atoms with Crippen molar-refractivity contribution < 1.29 is 19.5 Å². The Bertz CT molecular complexity index is 408. The minimum Gasteiger partial charge on any atom is -0.480 e. The number of carboxylic acid groups (broad SMARTS) is 1. The molecule has 114 valence electrons. The van der Waals surface area contributed by atoms with Crippen molar-refractivity contribution in [2.75, 3.05) is 13.1 Å². The second-order valence-electron chi connectivity index (χ2n) is 5.50. The molecule has 1 aliphatic rings. The monoisotopic (exact) mass is 285 g/mol. The molecule has 1 saturated heterocycles. The summed E-state index contributed by atoms with van der Waals surface area (Å²) in [4.78, 5) is 38.0. The maximum Gasteiger partial charge on any atom is 0.329 e. The van der Waals surface area contributed by atoms with Gasteiger partial charge in [0.15, 0.2) is 0 Å². The van der Waals surface area contributed by atoms with Crippen LogP contribution in [0.4, 0.5) is 4.79 Å². The first-order valence-electron chi connectivity index (χ1n) is 6.84. The summed E-state index contributed by atoms with van der Waals surface area (Å²) < 4.78 is 0. The summed E-state index contributed by atoms with van der Waals surface area (Å²) in [5, 5.41) is 9.26. The summed E-state index contributed by atoms with van der Waals surface area (Å²) in [5.41, 5.74) is 4.01. The van der Waals surface area contributed by atoms with Gasteiger partial charge in [0.05, 0.1) is 0 Å². The van der Waals surface area contributed by atoms with Crippen LogP contribution in [0.5, 0.6) is 0 Å². The van der Waals surface area contributed by atoms with Crippen LogP contribution in [0, 0.1) is 0 Å². The molecule has 7 nitrogen and oxygen atoms in total. The van der Waals surface area contributed by atoms with E-state index < -0.39 is 29.5 Å². The quantitative estimate of drug-likeness (QED) is 0.790. The zero-order valence-corrected chi connectivity index (χ0v) is 12.3. The Morgan fingerprint density at radius 1 is 1.35 bits per heavy atom. The molecule has 1 heterocycles. The molecule has 0 saturated carbocycles. The van der Waals surface area contributed by atoms with Crippen molar-refractivity contribution in [3.63, 3.8) is 0 Å². The number of amides is 3. The summed E-state index contributed by atoms with van der Waals surface area (Å²) in [5.74, 6) is -1.62. The van der Waals surface area contributed by atoms with Crippen molar-refractivity contribution in [3.8, 4) is 0 Å². The lowest BCUT2D eigenvalue weighted by Crippen LogP contribution is -2.61. The number of nitrogens with two attached hydrogens (primary N) is 1. The fourth-order valence-electron chi connectivity index (χ4n) is 2.50. The molecule has 0 spiro atoms. The van der Waals surface area contributed by atoms with E-state index in [2.05, 4.69) is 0 Å². The molecule has 1 atom stereocenters. The zero-order chi connectivity index (χ0) is 15.5. The van der Waals surface area contributed by atoms with Crippen LogP contribution in [-0.2, 0) is 9.59 Å². The van der Waals surface area contributed by atoms with Crippen molar-refractivity contribution in [3.05, 3.63) is 0 Å². The van der Waals surface area contributed by atoms with Gasteiger partial charge in [0, 0.05) is 13.1 Å². The molecule has 0 aromatic rings. The second-order valence-corrected chi connectivity index (χ2v) is 5.50. The molecule has 0 bridgehead atoms. The molecular formula is C13H23N3O4. The Kier molecular flexibility index (Phi) is 4.97. The summed E-state index contributed by atoms with van der Waals surface area (Å²) in [6.07, 6.45) is 2.17. The maximum atomic E-state index is 12.6. The Morgan fingerprint density at radius 2 is 1.95 bits per heavy atom. The molecule has 1 aliphatic heterocycles. The Labute approximate surface area is 118 Å². The third kappa shape index (κ3) is 3.02. The number of primary amides is 1. The number of hydrogen-bond donors (Lipinski definition) is 2. The molecule has 3 N–H and O–H groups in total. The highest BCUT2D eigenvalue weighted by molar-refractivity contribution is 5.89. The number of likely N-dealkylation sites (N-methyl/N-ethyl adjacent to an activating group) is 1. The van der Waals surface area contributed by atoms with Crippen LogP contribution >= 0.6 is 0 Å². The predicted molar refractivity (Wildman–Crippen MR) is 73.0 cm³/mol. The highest BCUT2D eigenvalue weighted by atomic mass is 16.4. The van der Waals surface area contributed by atoms with Crippen molar-refractivity contribution in [2.45, 2.75) is 51.6 Å². The molecule has 0 radical (unpaired) electrons. The van der Waals surface area contributed by atoms with Crippen LogP contribution in [0.25, 0.3) is 0 Å². The lowest BCUT2D eigenvalue weighted by atomic mass is 10.0. The molecule has 0 aliphatic carbocycles. The van der Waals surface area contributed by atoms with Gasteiger partial charge in [0.1, 0.15) is 11.6 Å². The predicted octanol–water partition coefficient (Wildman–Crippen LogP) is 0.631. The van der Waals surface area contributed by atoms with E-state index in [1.54, 1.807) is 6.92 Å². The number of hydrogen-bond acceptors (Lipinski definition) is 3. The van der Waals surface area contributed by atoms with Gasteiger partial charge in [-0.25, -0.2) is 9.59 Å². The van der Waals surface area contributed by atoms with Crippen LogP contribution in [0.15, 0.2) is 0 Å². The van der Waals surface area contributed by atoms with Gasteiger partial charge >= 0.3 is 12.0 Å². The third-order valence-corrected chi connectivity index (χ3v) is 3.82. The molecular weight excluding hydrogens is 262 g/mol. The fraction of sp³-hybridized carbons (Fsp3) is 0.769. The summed E-state index contributed by atoms with van der Waals surface area (Å²) >= 11 is 0. The summed E-state index contributed by atoms with van der Waals surface area (Å²) in [6.45, 7) is 5.34. The van der Waals surface area contributed by atoms with E-state index in [1.165, 1.54) is 23.6 Å². The first kappa shape index (κ1) is 16.3. The standard InChI is InChI=1S/C13H23N3O4/c1-4-16(13(2,3)11(18)19)12(20)15-8-6-5-7-9(15)10(14)17/h9H,4-8H2,1-3H3,(H2,14,17)(H,18,19). The molecule has 1 unspecified atom stereocenters. The summed E-state index contributed by atoms with van der Waals surface area (Å²) in [7, 11) is 0. The molecule has 20 heavy (non-hydrogen) atoms. The molecule has 3 amide bonds. The van der Waals surface area contributed by atoms with Gasteiger partial charge in [0.2, 0.25) is 5.91 Å². The van der Waals surface area contributed by atoms with E-state index in [0.29, 0.717) is 13.0 Å². The molecule has 0 aromatic carbocycles. The van der Waals surface area contributed by atoms with E-state index >= 15 is 0 Å². The number of nitrogens with zero attached hydrogens (tertiary/aromatic N) is 2. The lowest BCUT2D eigenvalue weighted by molar-refractivity contribution is -0.147. The molecule has 7 heteroatoms. The third-order valence-electron chi connectivity index (χ3n) is 3.82. The lowest BCUT2D eigenvalue weighted by Gasteiger charge is -2.41. The van der Waals surface area contributed by atoms with Gasteiger partial charge in [-0.05, 0) is 40.0 Å². The van der Waals surface area contributed by atoms with E-state index in [4.69, 9.17) is 5.73 Å². The number of carbonyl (C=O) groups is 3. The Balaban J connectivity index is 3.00. The molecule has 1 rings (SSSR count). The molecule has 0 aromatic heterocycles. The topological polar surface area (TPSA) is 104 Å². The number of rotatable bonds is 4. The van der Waals surface area contributed by atoms with Crippen molar-refractivity contribution in [2.24, 2.45) is 5.73 Å². The van der Waals surface area contributed by atoms with E-state index in [-0.39, 0.29) is 6.54 Å². The van der Waals surface area contributed by atoms with Crippen molar-refractivity contribution >= 4 is 17.9 Å².